The second-order valence-corrected chi connectivity index (χ2v) is 2.79. The van der Waals surface area contributed by atoms with Gasteiger partial charge in [-0.15, -0.1) is 5.73 Å². The number of rotatable bonds is 2. The van der Waals surface area contributed by atoms with Crippen LogP contribution >= 0.6 is 0 Å². The number of hydrogen-bond acceptors (Lipinski definition) is 1. The van der Waals surface area contributed by atoms with Gasteiger partial charge in [-0.3, -0.25) is 0 Å². The van der Waals surface area contributed by atoms with E-state index >= 15 is 0 Å². The first-order valence-electron chi connectivity index (χ1n) is 4.16. The minimum Gasteiger partial charge on any atom is -0.326 e. The zero-order valence-corrected chi connectivity index (χ0v) is 7.27. The first-order valence-corrected chi connectivity index (χ1v) is 4.16. The van der Waals surface area contributed by atoms with Gasteiger partial charge in [0.15, 0.2) is 0 Å². The molecule has 0 N–H and O–H groups in total. The molecule has 0 unspecified atom stereocenters. The summed E-state index contributed by atoms with van der Waals surface area (Å²) in [6.07, 6.45) is 3.71. The first kappa shape index (κ1) is 7.84. The summed E-state index contributed by atoms with van der Waals surface area (Å²) >= 11 is 0. The van der Waals surface area contributed by atoms with Crippen molar-refractivity contribution in [3.05, 3.63) is 49.0 Å². The number of fused-ring (bicyclic) bond motifs is 1. The van der Waals surface area contributed by atoms with Crippen LogP contribution in [-0.4, -0.2) is 9.55 Å². The lowest BCUT2D eigenvalue weighted by atomic mass is 10.3. The van der Waals surface area contributed by atoms with Crippen molar-refractivity contribution in [2.45, 2.75) is 6.54 Å². The fraction of sp³-hybridized carbons (Fsp3) is 0.0909. The Hall–Kier alpha value is -1.79. The van der Waals surface area contributed by atoms with Crippen LogP contribution in [0.25, 0.3) is 11.0 Å². The Morgan fingerprint density at radius 2 is 2.31 bits per heavy atom. The molecular weight excluding hydrogens is 160 g/mol. The van der Waals surface area contributed by atoms with E-state index in [2.05, 4.69) is 27.9 Å². The molecule has 1 aromatic heterocycles. The summed E-state index contributed by atoms with van der Waals surface area (Å²) in [4.78, 5) is 4.27. The van der Waals surface area contributed by atoms with E-state index in [-0.39, 0.29) is 0 Å². The summed E-state index contributed by atoms with van der Waals surface area (Å²) in [7, 11) is 0. The second kappa shape index (κ2) is 3.30. The molecule has 0 saturated heterocycles. The molecule has 2 aromatic rings. The zero-order valence-electron chi connectivity index (χ0n) is 7.27. The second-order valence-electron chi connectivity index (χ2n) is 2.79. The number of imidazole rings is 1. The number of allylic oxidation sites excluding steroid dienone is 1. The fourth-order valence-corrected chi connectivity index (χ4v) is 1.32. The van der Waals surface area contributed by atoms with Crippen molar-refractivity contribution in [1.29, 1.82) is 0 Å². The molecule has 0 aliphatic rings. The van der Waals surface area contributed by atoms with Gasteiger partial charge in [0.2, 0.25) is 0 Å². The van der Waals surface area contributed by atoms with Crippen molar-refractivity contribution in [1.82, 2.24) is 9.55 Å². The quantitative estimate of drug-likeness (QED) is 0.633. The lowest BCUT2D eigenvalue weighted by Gasteiger charge is -1.96. The molecule has 2 heteroatoms. The van der Waals surface area contributed by atoms with Crippen LogP contribution in [0.5, 0.6) is 0 Å². The van der Waals surface area contributed by atoms with Crippen molar-refractivity contribution in [3.63, 3.8) is 0 Å². The summed E-state index contributed by atoms with van der Waals surface area (Å²) in [6.45, 7) is 4.31. The Morgan fingerprint density at radius 1 is 1.46 bits per heavy atom. The van der Waals surface area contributed by atoms with E-state index in [0.29, 0.717) is 0 Å². The first-order chi connectivity index (χ1) is 6.42. The third kappa shape index (κ3) is 1.40. The monoisotopic (exact) mass is 170 g/mol. The van der Waals surface area contributed by atoms with Crippen molar-refractivity contribution < 1.29 is 0 Å². The van der Waals surface area contributed by atoms with Crippen LogP contribution in [0.4, 0.5) is 0 Å². The van der Waals surface area contributed by atoms with Gasteiger partial charge >= 0.3 is 0 Å². The number of hydrogen-bond donors (Lipinski definition) is 0. The predicted molar refractivity (Wildman–Crippen MR) is 53.4 cm³/mol. The van der Waals surface area contributed by atoms with E-state index in [9.17, 15) is 0 Å². The highest BCUT2D eigenvalue weighted by Gasteiger charge is 1.97. The van der Waals surface area contributed by atoms with Crippen molar-refractivity contribution >= 4 is 11.0 Å². The van der Waals surface area contributed by atoms with Crippen LogP contribution in [0, 0.1) is 0 Å². The van der Waals surface area contributed by atoms with Crippen LogP contribution in [0.1, 0.15) is 0 Å². The molecule has 1 aromatic carbocycles. The lowest BCUT2D eigenvalue weighted by Crippen LogP contribution is -1.91. The molecule has 13 heavy (non-hydrogen) atoms. The molecule has 64 valence electrons. The average Bonchev–Trinajstić information content (AvgIpc) is 2.58. The number of aromatic nitrogens is 2. The summed E-state index contributed by atoms with van der Waals surface area (Å²) < 4.78 is 2.06. The Kier molecular flexibility index (Phi) is 1.99. The minimum atomic E-state index is 0.782. The summed E-state index contributed by atoms with van der Waals surface area (Å²) in [5.74, 6) is 0. The number of nitrogens with zero attached hydrogens (tertiary/aromatic N) is 2. The Balaban J connectivity index is 2.51. The molecule has 0 aliphatic heterocycles. The molecule has 2 nitrogen and oxygen atoms in total. The highest BCUT2D eigenvalue weighted by molar-refractivity contribution is 5.74. The third-order valence-electron chi connectivity index (χ3n) is 1.96. The van der Waals surface area contributed by atoms with Gasteiger partial charge in [0.25, 0.3) is 0 Å². The van der Waals surface area contributed by atoms with Crippen molar-refractivity contribution in [2.24, 2.45) is 0 Å². The lowest BCUT2D eigenvalue weighted by molar-refractivity contribution is 0.850. The van der Waals surface area contributed by atoms with Crippen LogP contribution in [0.3, 0.4) is 0 Å². The molecule has 1 heterocycles. The topological polar surface area (TPSA) is 17.8 Å². The van der Waals surface area contributed by atoms with Gasteiger partial charge in [-0.1, -0.05) is 18.7 Å². The van der Waals surface area contributed by atoms with Crippen LogP contribution in [0.2, 0.25) is 0 Å². The van der Waals surface area contributed by atoms with Crippen molar-refractivity contribution in [3.8, 4) is 0 Å². The van der Waals surface area contributed by atoms with Gasteiger partial charge in [-0.2, -0.15) is 0 Å². The highest BCUT2D eigenvalue weighted by Crippen LogP contribution is 2.11. The van der Waals surface area contributed by atoms with Gasteiger partial charge in [-0.05, 0) is 18.2 Å². The van der Waals surface area contributed by atoms with E-state index in [1.165, 1.54) is 0 Å². The smallest absolute Gasteiger partial charge is 0.0961 e. The number of para-hydroxylation sites is 2. The van der Waals surface area contributed by atoms with Gasteiger partial charge in [0.1, 0.15) is 0 Å². The molecule has 0 aliphatic carbocycles. The molecule has 0 saturated carbocycles. The Labute approximate surface area is 76.8 Å². The molecule has 2 rings (SSSR count). The van der Waals surface area contributed by atoms with E-state index < -0.39 is 0 Å². The summed E-state index contributed by atoms with van der Waals surface area (Å²) in [5, 5.41) is 0. The molecule has 0 amide bonds. The fourth-order valence-electron chi connectivity index (χ4n) is 1.32. The summed E-state index contributed by atoms with van der Waals surface area (Å²) in [5.41, 5.74) is 4.92. The normalized spacial score (nSPS) is 9.85. The van der Waals surface area contributed by atoms with Crippen LogP contribution in [0.15, 0.2) is 49.0 Å². The molecular formula is C11H10N2. The largest absolute Gasteiger partial charge is 0.326 e. The van der Waals surface area contributed by atoms with Gasteiger partial charge < -0.3 is 4.57 Å². The van der Waals surface area contributed by atoms with Crippen molar-refractivity contribution in [2.75, 3.05) is 0 Å². The Bertz CT molecular complexity index is 462. The molecule has 0 bridgehead atoms. The maximum absolute atomic E-state index is 4.27. The van der Waals surface area contributed by atoms with Crippen LogP contribution in [-0.2, 0) is 6.54 Å². The molecule has 0 spiro atoms. The maximum atomic E-state index is 4.27. The predicted octanol–water partition coefficient (Wildman–Crippen LogP) is 2.38. The van der Waals surface area contributed by atoms with Gasteiger partial charge in [0.05, 0.1) is 17.4 Å². The van der Waals surface area contributed by atoms with Crippen LogP contribution < -0.4 is 0 Å². The SMILES string of the molecule is C=C=CCn1cnc2ccccc21. The van der Waals surface area contributed by atoms with E-state index in [4.69, 9.17) is 0 Å². The van der Waals surface area contributed by atoms with E-state index in [1.807, 2.05) is 30.6 Å². The van der Waals surface area contributed by atoms with Gasteiger partial charge in [-0.25, -0.2) is 4.98 Å². The number of benzene rings is 1. The zero-order chi connectivity index (χ0) is 9.10. The summed E-state index contributed by atoms with van der Waals surface area (Å²) in [6, 6.07) is 8.06. The highest BCUT2D eigenvalue weighted by atomic mass is 15.0. The maximum Gasteiger partial charge on any atom is 0.0961 e. The standard InChI is InChI=1S/C11H10N2/c1-2-3-8-13-9-12-10-6-4-5-7-11(10)13/h3-7,9H,1,8H2. The van der Waals surface area contributed by atoms with Gasteiger partial charge in [0, 0.05) is 6.54 Å². The molecule has 0 atom stereocenters. The van der Waals surface area contributed by atoms with E-state index in [0.717, 1.165) is 17.6 Å². The molecule has 0 fully saturated rings. The third-order valence-corrected chi connectivity index (χ3v) is 1.96. The minimum absolute atomic E-state index is 0.782. The Morgan fingerprint density at radius 3 is 3.15 bits per heavy atom. The average molecular weight is 170 g/mol. The van der Waals surface area contributed by atoms with E-state index in [1.54, 1.807) is 0 Å². The molecule has 0 radical (unpaired) electrons.